The fourth-order valence-corrected chi connectivity index (χ4v) is 2.97. The van der Waals surface area contributed by atoms with Crippen molar-refractivity contribution < 1.29 is 19.4 Å². The molecule has 6 heteroatoms. The van der Waals surface area contributed by atoms with Crippen molar-refractivity contribution in [2.75, 3.05) is 0 Å². The molecule has 2 aliphatic rings. The molecule has 0 aliphatic heterocycles. The second-order valence-corrected chi connectivity index (χ2v) is 6.10. The summed E-state index contributed by atoms with van der Waals surface area (Å²) in [7, 11) is 0. The van der Waals surface area contributed by atoms with E-state index in [1.165, 1.54) is 19.0 Å². The molecule has 0 atom stereocenters. The summed E-state index contributed by atoms with van der Waals surface area (Å²) in [6.07, 6.45) is 7.89. The van der Waals surface area contributed by atoms with Gasteiger partial charge in [0.15, 0.2) is 0 Å². The third-order valence-electron chi connectivity index (χ3n) is 4.56. The highest BCUT2D eigenvalue weighted by Crippen LogP contribution is 2.32. The molecule has 0 radical (unpaired) electrons. The normalized spacial score (nSPS) is 20.2. The second kappa shape index (κ2) is 5.94. The van der Waals surface area contributed by atoms with Gasteiger partial charge in [-0.3, -0.25) is 4.79 Å². The van der Waals surface area contributed by atoms with Crippen LogP contribution in [-0.4, -0.2) is 33.6 Å². The van der Waals surface area contributed by atoms with E-state index in [0.717, 1.165) is 19.3 Å². The first-order valence-electron chi connectivity index (χ1n) is 7.78. The summed E-state index contributed by atoms with van der Waals surface area (Å²) in [5.41, 5.74) is -0.748. The average Bonchev–Trinajstić information content (AvgIpc) is 2.96. The number of nitrogens with one attached hydrogen (secondary N) is 1. The number of hydrogen-bond donors (Lipinski definition) is 2. The zero-order chi connectivity index (χ0) is 15.6. The minimum absolute atomic E-state index is 0.220. The largest absolute Gasteiger partial charge is 0.480 e. The molecule has 0 saturated heterocycles. The Labute approximate surface area is 128 Å². The Morgan fingerprint density at radius 2 is 1.95 bits per heavy atom. The van der Waals surface area contributed by atoms with Gasteiger partial charge in [0, 0.05) is 12.3 Å². The quantitative estimate of drug-likeness (QED) is 0.870. The summed E-state index contributed by atoms with van der Waals surface area (Å²) in [4.78, 5) is 27.6. The minimum Gasteiger partial charge on any atom is -0.480 e. The lowest BCUT2D eigenvalue weighted by molar-refractivity contribution is -0.148. The van der Waals surface area contributed by atoms with E-state index in [-0.39, 0.29) is 6.10 Å². The highest BCUT2D eigenvalue weighted by molar-refractivity contribution is 5.98. The van der Waals surface area contributed by atoms with E-state index >= 15 is 0 Å². The van der Waals surface area contributed by atoms with Crippen molar-refractivity contribution in [1.29, 1.82) is 0 Å². The predicted octanol–water partition coefficient (Wildman–Crippen LogP) is 2.14. The fourth-order valence-electron chi connectivity index (χ4n) is 2.97. The maximum atomic E-state index is 12.2. The van der Waals surface area contributed by atoms with E-state index in [4.69, 9.17) is 4.74 Å². The Morgan fingerprint density at radius 3 is 2.45 bits per heavy atom. The summed E-state index contributed by atoms with van der Waals surface area (Å²) in [5.74, 6) is -0.858. The van der Waals surface area contributed by atoms with Crippen LogP contribution < -0.4 is 10.1 Å². The van der Waals surface area contributed by atoms with E-state index in [0.29, 0.717) is 24.3 Å². The molecule has 6 nitrogen and oxygen atoms in total. The van der Waals surface area contributed by atoms with Crippen LogP contribution in [-0.2, 0) is 4.79 Å². The molecule has 2 aliphatic carbocycles. The molecule has 0 spiro atoms. The smallest absolute Gasteiger partial charge is 0.329 e. The molecule has 2 saturated carbocycles. The second-order valence-electron chi connectivity index (χ2n) is 6.10. The van der Waals surface area contributed by atoms with Crippen LogP contribution in [0.3, 0.4) is 0 Å². The van der Waals surface area contributed by atoms with Gasteiger partial charge < -0.3 is 15.2 Å². The van der Waals surface area contributed by atoms with Crippen molar-refractivity contribution in [3.8, 4) is 5.88 Å². The van der Waals surface area contributed by atoms with Gasteiger partial charge in [-0.2, -0.15) is 0 Å². The number of aromatic nitrogens is 1. The lowest BCUT2D eigenvalue weighted by atomic mass is 9.76. The predicted molar refractivity (Wildman–Crippen MR) is 78.8 cm³/mol. The van der Waals surface area contributed by atoms with Crippen molar-refractivity contribution in [1.82, 2.24) is 10.3 Å². The van der Waals surface area contributed by atoms with Crippen molar-refractivity contribution >= 4 is 11.9 Å². The molecular weight excluding hydrogens is 284 g/mol. The zero-order valence-electron chi connectivity index (χ0n) is 12.4. The Hall–Kier alpha value is -2.11. The highest BCUT2D eigenvalue weighted by atomic mass is 16.5. The number of amides is 1. The molecule has 2 N–H and O–H groups in total. The van der Waals surface area contributed by atoms with E-state index in [1.807, 2.05) is 0 Å². The van der Waals surface area contributed by atoms with E-state index in [1.54, 1.807) is 12.1 Å². The molecule has 1 aromatic heterocycles. The van der Waals surface area contributed by atoms with Crippen molar-refractivity contribution in [3.63, 3.8) is 0 Å². The number of nitrogens with zero attached hydrogens (tertiary/aromatic N) is 1. The summed E-state index contributed by atoms with van der Waals surface area (Å²) in [6, 6.07) is 3.29. The SMILES string of the molecule is O=C(NC1(C(=O)O)CCC1)c1ccc(OC2CCCC2)nc1. The Balaban J connectivity index is 1.62. The van der Waals surface area contributed by atoms with Crippen LogP contribution in [0.5, 0.6) is 5.88 Å². The van der Waals surface area contributed by atoms with Gasteiger partial charge in [0.05, 0.1) is 5.56 Å². The van der Waals surface area contributed by atoms with E-state index < -0.39 is 17.4 Å². The lowest BCUT2D eigenvalue weighted by Gasteiger charge is -2.38. The van der Waals surface area contributed by atoms with Gasteiger partial charge in [-0.15, -0.1) is 0 Å². The van der Waals surface area contributed by atoms with Crippen LogP contribution in [0.1, 0.15) is 55.3 Å². The molecule has 22 heavy (non-hydrogen) atoms. The van der Waals surface area contributed by atoms with E-state index in [9.17, 15) is 14.7 Å². The molecule has 0 unspecified atom stereocenters. The highest BCUT2D eigenvalue weighted by Gasteiger charge is 2.45. The van der Waals surface area contributed by atoms with Gasteiger partial charge in [0.2, 0.25) is 5.88 Å². The third kappa shape index (κ3) is 2.91. The first kappa shape index (κ1) is 14.8. The van der Waals surface area contributed by atoms with Gasteiger partial charge in [0.25, 0.3) is 5.91 Å². The van der Waals surface area contributed by atoms with Crippen molar-refractivity contribution in [3.05, 3.63) is 23.9 Å². The van der Waals surface area contributed by atoms with Crippen LogP contribution in [0.2, 0.25) is 0 Å². The summed E-state index contributed by atoms with van der Waals surface area (Å²) in [5, 5.41) is 11.9. The van der Waals surface area contributed by atoms with Crippen molar-refractivity contribution in [2.24, 2.45) is 0 Å². The standard InChI is InChI=1S/C16H20N2O4/c19-14(18-16(15(20)21)8-3-9-16)11-6-7-13(17-10-11)22-12-4-1-2-5-12/h6-7,10,12H,1-5,8-9H2,(H,18,19)(H,20,21). The monoisotopic (exact) mass is 304 g/mol. The third-order valence-corrected chi connectivity index (χ3v) is 4.56. The Kier molecular flexibility index (Phi) is 4.00. The Morgan fingerprint density at radius 1 is 1.23 bits per heavy atom. The number of carbonyl (C=O) groups is 2. The number of hydrogen-bond acceptors (Lipinski definition) is 4. The fraction of sp³-hybridized carbons (Fsp3) is 0.562. The van der Waals surface area contributed by atoms with Crippen molar-refractivity contribution in [2.45, 2.75) is 56.6 Å². The maximum Gasteiger partial charge on any atom is 0.329 e. The number of carbonyl (C=O) groups excluding carboxylic acids is 1. The summed E-state index contributed by atoms with van der Waals surface area (Å²) in [6.45, 7) is 0. The van der Waals surface area contributed by atoms with Gasteiger partial charge in [-0.1, -0.05) is 0 Å². The van der Waals surface area contributed by atoms with Crippen LogP contribution in [0.25, 0.3) is 0 Å². The van der Waals surface area contributed by atoms with E-state index in [2.05, 4.69) is 10.3 Å². The van der Waals surface area contributed by atoms with Crippen LogP contribution >= 0.6 is 0 Å². The topological polar surface area (TPSA) is 88.5 Å². The zero-order valence-corrected chi connectivity index (χ0v) is 12.4. The first-order valence-corrected chi connectivity index (χ1v) is 7.78. The lowest BCUT2D eigenvalue weighted by Crippen LogP contribution is -2.59. The number of pyridine rings is 1. The molecule has 3 rings (SSSR count). The minimum atomic E-state index is -1.10. The molecule has 118 valence electrons. The van der Waals surface area contributed by atoms with Gasteiger partial charge in [0.1, 0.15) is 11.6 Å². The summed E-state index contributed by atoms with van der Waals surface area (Å²) < 4.78 is 5.74. The van der Waals surface area contributed by atoms with Gasteiger partial charge >= 0.3 is 5.97 Å². The number of carboxylic acid groups (broad SMARTS) is 1. The molecule has 1 heterocycles. The maximum absolute atomic E-state index is 12.2. The molecule has 0 bridgehead atoms. The number of aliphatic carboxylic acids is 1. The summed E-state index contributed by atoms with van der Waals surface area (Å²) >= 11 is 0. The number of rotatable bonds is 5. The number of ether oxygens (including phenoxy) is 1. The molecule has 2 fully saturated rings. The average molecular weight is 304 g/mol. The number of carboxylic acids is 1. The Bertz CT molecular complexity index is 560. The van der Waals surface area contributed by atoms with Crippen LogP contribution in [0.15, 0.2) is 18.3 Å². The molecule has 0 aromatic carbocycles. The molecule has 1 amide bonds. The van der Waals surface area contributed by atoms with Gasteiger partial charge in [-0.25, -0.2) is 9.78 Å². The molecular formula is C16H20N2O4. The van der Waals surface area contributed by atoms with Gasteiger partial charge in [-0.05, 0) is 51.0 Å². The first-order chi connectivity index (χ1) is 10.6. The molecule has 1 aromatic rings. The van der Waals surface area contributed by atoms with Crippen LogP contribution in [0.4, 0.5) is 0 Å². The van der Waals surface area contributed by atoms with Crippen LogP contribution in [0, 0.1) is 0 Å².